The Hall–Kier alpha value is -1.84. The Balaban J connectivity index is 2.78. The molecule has 1 rings (SSSR count). The Bertz CT molecular complexity index is 400. The molecule has 0 aliphatic rings. The normalized spacial score (nSPS) is 9.69. The Morgan fingerprint density at radius 3 is 2.56 bits per heavy atom. The highest BCUT2D eigenvalue weighted by Gasteiger charge is 2.07. The van der Waals surface area contributed by atoms with Crippen molar-refractivity contribution in [3.05, 3.63) is 35.4 Å². The van der Waals surface area contributed by atoms with E-state index in [2.05, 4.69) is 5.32 Å². The molecule has 1 N–H and O–H groups in total. The molecule has 0 aromatic heterocycles. The molecule has 4 nitrogen and oxygen atoms in total. The van der Waals surface area contributed by atoms with E-state index in [9.17, 15) is 9.59 Å². The van der Waals surface area contributed by atoms with Gasteiger partial charge in [0.15, 0.2) is 0 Å². The summed E-state index contributed by atoms with van der Waals surface area (Å²) >= 11 is 0. The van der Waals surface area contributed by atoms with Crippen LogP contribution in [0.5, 0.6) is 0 Å². The molecule has 0 aliphatic heterocycles. The minimum atomic E-state index is -0.0793. The van der Waals surface area contributed by atoms with E-state index in [0.717, 1.165) is 5.56 Å². The summed E-state index contributed by atoms with van der Waals surface area (Å²) in [7, 11) is 3.42. The topological polar surface area (TPSA) is 49.4 Å². The highest BCUT2D eigenvalue weighted by atomic mass is 16.2. The summed E-state index contributed by atoms with van der Waals surface area (Å²) in [5.41, 5.74) is 1.55. The van der Waals surface area contributed by atoms with Crippen LogP contribution in [0.2, 0.25) is 0 Å². The highest BCUT2D eigenvalue weighted by molar-refractivity contribution is 5.94. The number of carbonyl (C=O) groups excluding carboxylic acids is 2. The van der Waals surface area contributed by atoms with Crippen LogP contribution in [-0.2, 0) is 11.3 Å². The zero-order valence-electron chi connectivity index (χ0n) is 9.78. The van der Waals surface area contributed by atoms with E-state index < -0.39 is 0 Å². The van der Waals surface area contributed by atoms with Gasteiger partial charge < -0.3 is 10.2 Å². The molecule has 4 heteroatoms. The smallest absolute Gasteiger partial charge is 0.253 e. The average molecular weight is 220 g/mol. The second-order valence-electron chi connectivity index (χ2n) is 3.81. The van der Waals surface area contributed by atoms with Gasteiger partial charge in [-0.25, -0.2) is 0 Å². The summed E-state index contributed by atoms with van der Waals surface area (Å²) in [6.07, 6.45) is 0. The first kappa shape index (κ1) is 12.2. The molecule has 0 bridgehead atoms. The van der Waals surface area contributed by atoms with E-state index in [-0.39, 0.29) is 11.8 Å². The van der Waals surface area contributed by atoms with Gasteiger partial charge in [0.1, 0.15) is 0 Å². The van der Waals surface area contributed by atoms with Crippen molar-refractivity contribution >= 4 is 11.8 Å². The summed E-state index contributed by atoms with van der Waals surface area (Å²) in [5, 5.41) is 2.69. The molecule has 16 heavy (non-hydrogen) atoms. The maximum Gasteiger partial charge on any atom is 0.253 e. The van der Waals surface area contributed by atoms with Gasteiger partial charge in [0.2, 0.25) is 5.91 Å². The first-order valence-corrected chi connectivity index (χ1v) is 5.05. The molecule has 0 fully saturated rings. The summed E-state index contributed by atoms with van der Waals surface area (Å²) in [6, 6.07) is 7.24. The van der Waals surface area contributed by atoms with Gasteiger partial charge in [-0.15, -0.1) is 0 Å². The Labute approximate surface area is 95.3 Å². The average Bonchev–Trinajstić information content (AvgIpc) is 2.25. The highest BCUT2D eigenvalue weighted by Crippen LogP contribution is 2.07. The molecular formula is C12H16N2O2. The Morgan fingerprint density at radius 2 is 2.00 bits per heavy atom. The third-order valence-electron chi connectivity index (χ3n) is 2.12. The number of hydrogen-bond acceptors (Lipinski definition) is 2. The minimum absolute atomic E-state index is 0.0373. The van der Waals surface area contributed by atoms with Crippen LogP contribution in [0.4, 0.5) is 0 Å². The molecule has 1 aromatic rings. The summed E-state index contributed by atoms with van der Waals surface area (Å²) in [6.45, 7) is 1.92. The van der Waals surface area contributed by atoms with Gasteiger partial charge >= 0.3 is 0 Å². The van der Waals surface area contributed by atoms with Crippen molar-refractivity contribution in [3.63, 3.8) is 0 Å². The van der Waals surface area contributed by atoms with E-state index in [4.69, 9.17) is 0 Å². The number of hydrogen-bond donors (Lipinski definition) is 1. The number of amides is 2. The van der Waals surface area contributed by atoms with Crippen LogP contribution in [0.1, 0.15) is 22.8 Å². The van der Waals surface area contributed by atoms with Crippen LogP contribution in [0.3, 0.4) is 0 Å². The lowest BCUT2D eigenvalue weighted by Gasteiger charge is -2.11. The van der Waals surface area contributed by atoms with E-state index in [1.54, 1.807) is 26.2 Å². The minimum Gasteiger partial charge on any atom is -0.352 e. The van der Waals surface area contributed by atoms with Crippen LogP contribution in [-0.4, -0.2) is 30.8 Å². The lowest BCUT2D eigenvalue weighted by atomic mass is 10.1. The predicted molar refractivity (Wildman–Crippen MR) is 62.0 cm³/mol. The second-order valence-corrected chi connectivity index (χ2v) is 3.81. The van der Waals surface area contributed by atoms with Gasteiger partial charge in [0.25, 0.3) is 5.91 Å². The molecule has 0 heterocycles. The molecule has 0 radical (unpaired) electrons. The van der Waals surface area contributed by atoms with E-state index in [0.29, 0.717) is 12.1 Å². The number of carbonyl (C=O) groups is 2. The molecule has 0 unspecified atom stereocenters. The van der Waals surface area contributed by atoms with Crippen LogP contribution in [0, 0.1) is 0 Å². The Morgan fingerprint density at radius 1 is 1.31 bits per heavy atom. The van der Waals surface area contributed by atoms with Gasteiger partial charge in [0.05, 0.1) is 0 Å². The van der Waals surface area contributed by atoms with Gasteiger partial charge in [-0.2, -0.15) is 0 Å². The molecule has 0 aliphatic carbocycles. The summed E-state index contributed by atoms with van der Waals surface area (Å²) in [4.78, 5) is 24.0. The van der Waals surface area contributed by atoms with Crippen LogP contribution >= 0.6 is 0 Å². The number of nitrogens with one attached hydrogen (secondary N) is 1. The molecule has 1 aromatic carbocycles. The third kappa shape index (κ3) is 3.38. The van der Waals surface area contributed by atoms with Crippen molar-refractivity contribution in [1.29, 1.82) is 0 Å². The fourth-order valence-corrected chi connectivity index (χ4v) is 1.30. The summed E-state index contributed by atoms with van der Waals surface area (Å²) in [5.74, 6) is -0.117. The number of nitrogens with zero attached hydrogens (tertiary/aromatic N) is 1. The SMILES string of the molecule is CC(=O)NCc1cccc(C(=O)N(C)C)c1. The predicted octanol–water partition coefficient (Wildman–Crippen LogP) is 1.02. The van der Waals surface area contributed by atoms with Crippen molar-refractivity contribution < 1.29 is 9.59 Å². The van der Waals surface area contributed by atoms with Crippen molar-refractivity contribution in [2.75, 3.05) is 14.1 Å². The van der Waals surface area contributed by atoms with Crippen LogP contribution < -0.4 is 5.32 Å². The lowest BCUT2D eigenvalue weighted by molar-refractivity contribution is -0.119. The van der Waals surface area contributed by atoms with Gasteiger partial charge in [-0.3, -0.25) is 9.59 Å². The van der Waals surface area contributed by atoms with Crippen LogP contribution in [0.25, 0.3) is 0 Å². The van der Waals surface area contributed by atoms with Crippen molar-refractivity contribution in [2.24, 2.45) is 0 Å². The molecule has 0 spiro atoms. The van der Waals surface area contributed by atoms with Crippen molar-refractivity contribution in [2.45, 2.75) is 13.5 Å². The molecule has 0 atom stereocenters. The monoisotopic (exact) mass is 220 g/mol. The van der Waals surface area contributed by atoms with E-state index in [1.807, 2.05) is 12.1 Å². The summed E-state index contributed by atoms with van der Waals surface area (Å²) < 4.78 is 0. The molecular weight excluding hydrogens is 204 g/mol. The molecule has 0 saturated heterocycles. The lowest BCUT2D eigenvalue weighted by Crippen LogP contribution is -2.22. The number of rotatable bonds is 3. The fourth-order valence-electron chi connectivity index (χ4n) is 1.30. The molecule has 0 saturated carbocycles. The van der Waals surface area contributed by atoms with E-state index in [1.165, 1.54) is 11.8 Å². The fraction of sp³-hybridized carbons (Fsp3) is 0.333. The zero-order valence-corrected chi connectivity index (χ0v) is 9.78. The maximum absolute atomic E-state index is 11.7. The standard InChI is InChI=1S/C12H16N2O2/c1-9(15)13-8-10-5-4-6-11(7-10)12(16)14(2)3/h4-7H,8H2,1-3H3,(H,13,15). The molecule has 86 valence electrons. The first-order valence-electron chi connectivity index (χ1n) is 5.05. The first-order chi connectivity index (χ1) is 7.50. The largest absolute Gasteiger partial charge is 0.352 e. The zero-order chi connectivity index (χ0) is 12.1. The van der Waals surface area contributed by atoms with Crippen LogP contribution in [0.15, 0.2) is 24.3 Å². The quantitative estimate of drug-likeness (QED) is 0.827. The number of benzene rings is 1. The van der Waals surface area contributed by atoms with Crippen molar-refractivity contribution in [1.82, 2.24) is 10.2 Å². The van der Waals surface area contributed by atoms with E-state index >= 15 is 0 Å². The van der Waals surface area contributed by atoms with Gasteiger partial charge in [0, 0.05) is 33.1 Å². The molecule has 2 amide bonds. The van der Waals surface area contributed by atoms with Gasteiger partial charge in [-0.05, 0) is 17.7 Å². The van der Waals surface area contributed by atoms with Gasteiger partial charge in [-0.1, -0.05) is 12.1 Å². The van der Waals surface area contributed by atoms with Crippen molar-refractivity contribution in [3.8, 4) is 0 Å². The maximum atomic E-state index is 11.7. The second kappa shape index (κ2) is 5.30. The third-order valence-corrected chi connectivity index (χ3v) is 2.12. The Kier molecular flexibility index (Phi) is 4.05.